The maximum absolute atomic E-state index is 12.9. The summed E-state index contributed by atoms with van der Waals surface area (Å²) in [4.78, 5) is 12.2. The van der Waals surface area contributed by atoms with Crippen LogP contribution in [0.4, 0.5) is 15.8 Å². The number of carbonyl (C=O) groups excluding carboxylic acids is 1. The second kappa shape index (κ2) is 7.45. The molecule has 1 saturated heterocycles. The van der Waals surface area contributed by atoms with Crippen molar-refractivity contribution in [2.24, 2.45) is 0 Å². The molecule has 1 N–H and O–H groups in total. The van der Waals surface area contributed by atoms with E-state index in [9.17, 15) is 17.6 Å². The van der Waals surface area contributed by atoms with Crippen LogP contribution in [0.25, 0.3) is 0 Å². The van der Waals surface area contributed by atoms with Gasteiger partial charge in [-0.25, -0.2) is 12.8 Å². The predicted octanol–water partition coefficient (Wildman–Crippen LogP) is 3.25. The lowest BCUT2D eigenvalue weighted by Crippen LogP contribution is -2.38. The number of halogens is 1. The van der Waals surface area contributed by atoms with Crippen LogP contribution in [0.15, 0.2) is 42.5 Å². The molecule has 0 aromatic heterocycles. The van der Waals surface area contributed by atoms with E-state index < -0.39 is 10.0 Å². The average molecular weight is 376 g/mol. The number of hydrogen-bond donors (Lipinski definition) is 1. The van der Waals surface area contributed by atoms with Crippen molar-refractivity contribution in [3.63, 3.8) is 0 Å². The normalized spacial score (nSPS) is 16.3. The van der Waals surface area contributed by atoms with Gasteiger partial charge in [0.15, 0.2) is 0 Å². The summed E-state index contributed by atoms with van der Waals surface area (Å²) in [6.07, 6.45) is 1.61. The van der Waals surface area contributed by atoms with Gasteiger partial charge in [0.25, 0.3) is 0 Å². The Morgan fingerprint density at radius 3 is 2.58 bits per heavy atom. The molecule has 1 aliphatic rings. The van der Waals surface area contributed by atoms with Gasteiger partial charge in [0.1, 0.15) is 5.82 Å². The minimum atomic E-state index is -3.31. The first kappa shape index (κ1) is 18.4. The highest BCUT2D eigenvalue weighted by molar-refractivity contribution is 7.92. The zero-order valence-corrected chi connectivity index (χ0v) is 15.4. The lowest BCUT2D eigenvalue weighted by molar-refractivity contribution is -0.115. The summed E-state index contributed by atoms with van der Waals surface area (Å²) < 4.78 is 39.1. The second-order valence-corrected chi connectivity index (χ2v) is 8.46. The Hall–Kier alpha value is -2.41. The summed E-state index contributed by atoms with van der Waals surface area (Å²) in [7, 11) is -3.31. The number of sulfonamides is 1. The molecule has 1 amide bonds. The van der Waals surface area contributed by atoms with E-state index in [1.54, 1.807) is 30.3 Å². The van der Waals surface area contributed by atoms with Crippen molar-refractivity contribution in [1.29, 1.82) is 0 Å². The van der Waals surface area contributed by atoms with Crippen LogP contribution in [0.5, 0.6) is 0 Å². The molecule has 0 saturated carbocycles. The van der Waals surface area contributed by atoms with Crippen molar-refractivity contribution < 1.29 is 17.6 Å². The fourth-order valence-electron chi connectivity index (χ4n) is 3.01. The molecule has 2 aromatic carbocycles. The van der Waals surface area contributed by atoms with Gasteiger partial charge >= 0.3 is 0 Å². The number of benzene rings is 2. The monoisotopic (exact) mass is 376 g/mol. The topological polar surface area (TPSA) is 66.5 Å². The number of aryl methyl sites for hydroxylation is 1. The Kier molecular flexibility index (Phi) is 5.27. The Balaban J connectivity index is 1.77. The van der Waals surface area contributed by atoms with Crippen LogP contribution in [-0.4, -0.2) is 26.6 Å². The number of amides is 1. The van der Waals surface area contributed by atoms with Gasteiger partial charge in [-0.05, 0) is 55.2 Å². The Morgan fingerprint density at radius 1 is 1.15 bits per heavy atom. The molecule has 3 rings (SSSR count). The van der Waals surface area contributed by atoms with Crippen molar-refractivity contribution >= 4 is 27.3 Å². The highest BCUT2D eigenvalue weighted by Crippen LogP contribution is 2.29. The predicted molar refractivity (Wildman–Crippen MR) is 100 cm³/mol. The molecule has 1 aliphatic heterocycles. The van der Waals surface area contributed by atoms with Crippen molar-refractivity contribution in [3.8, 4) is 0 Å². The molecule has 0 spiro atoms. The molecule has 1 heterocycles. The largest absolute Gasteiger partial charge is 0.326 e. The van der Waals surface area contributed by atoms with E-state index >= 15 is 0 Å². The summed E-state index contributed by atoms with van der Waals surface area (Å²) in [5, 5.41) is 2.78. The molecule has 26 heavy (non-hydrogen) atoms. The second-order valence-electron chi connectivity index (χ2n) is 6.45. The van der Waals surface area contributed by atoms with Gasteiger partial charge in [0, 0.05) is 12.2 Å². The van der Waals surface area contributed by atoms with Crippen LogP contribution in [0, 0.1) is 12.7 Å². The number of nitrogens with zero attached hydrogens (tertiary/aromatic N) is 1. The van der Waals surface area contributed by atoms with Crippen molar-refractivity contribution in [3.05, 3.63) is 59.4 Å². The highest BCUT2D eigenvalue weighted by Gasteiger charge is 2.27. The quantitative estimate of drug-likeness (QED) is 0.891. The summed E-state index contributed by atoms with van der Waals surface area (Å²) in [5.74, 6) is -0.443. The zero-order chi connectivity index (χ0) is 18.7. The summed E-state index contributed by atoms with van der Waals surface area (Å²) in [6, 6.07) is 11.0. The molecular formula is C19H21FN2O3S. The highest BCUT2D eigenvalue weighted by atomic mass is 32.2. The van der Waals surface area contributed by atoms with Gasteiger partial charge in [-0.15, -0.1) is 0 Å². The third-order valence-corrected chi connectivity index (χ3v) is 6.24. The van der Waals surface area contributed by atoms with E-state index in [1.807, 2.05) is 6.92 Å². The summed E-state index contributed by atoms with van der Waals surface area (Å²) in [6.45, 7) is 2.31. The molecule has 0 bridgehead atoms. The Morgan fingerprint density at radius 2 is 1.88 bits per heavy atom. The first-order valence-electron chi connectivity index (χ1n) is 8.50. The van der Waals surface area contributed by atoms with Gasteiger partial charge in [-0.1, -0.05) is 18.2 Å². The molecule has 0 radical (unpaired) electrons. The van der Waals surface area contributed by atoms with Crippen LogP contribution in [0.1, 0.15) is 24.0 Å². The van der Waals surface area contributed by atoms with Gasteiger partial charge in [0.2, 0.25) is 15.9 Å². The van der Waals surface area contributed by atoms with E-state index in [1.165, 1.54) is 16.4 Å². The molecule has 0 unspecified atom stereocenters. The molecular weight excluding hydrogens is 355 g/mol. The van der Waals surface area contributed by atoms with Crippen LogP contribution in [0.3, 0.4) is 0 Å². The fraction of sp³-hybridized carbons (Fsp3) is 0.316. The molecule has 7 heteroatoms. The first-order chi connectivity index (χ1) is 12.3. The smallest absolute Gasteiger partial charge is 0.235 e. The first-order valence-corrected chi connectivity index (χ1v) is 10.1. The molecule has 0 atom stereocenters. The zero-order valence-electron chi connectivity index (χ0n) is 14.5. The molecule has 0 aliphatic carbocycles. The molecule has 5 nitrogen and oxygen atoms in total. The lowest BCUT2D eigenvalue weighted by atomic mass is 10.1. The Bertz CT molecular complexity index is 911. The van der Waals surface area contributed by atoms with E-state index in [0.717, 1.165) is 12.0 Å². The third kappa shape index (κ3) is 4.22. The van der Waals surface area contributed by atoms with E-state index in [4.69, 9.17) is 0 Å². The fourth-order valence-corrected chi connectivity index (χ4v) is 4.70. The number of rotatable bonds is 4. The van der Waals surface area contributed by atoms with E-state index in [-0.39, 0.29) is 23.9 Å². The maximum atomic E-state index is 12.9. The standard InChI is InChI=1S/C19H21FN2O3S/c1-14-4-9-17(13-18(14)22-10-2-3-11-26(22,24)25)21-19(23)12-15-5-7-16(20)8-6-15/h4-9,13H,2-3,10-12H2,1H3,(H,21,23). The number of nitrogens with one attached hydrogen (secondary N) is 1. The number of anilines is 2. The molecule has 1 fully saturated rings. The van der Waals surface area contributed by atoms with Crippen molar-refractivity contribution in [2.75, 3.05) is 21.9 Å². The van der Waals surface area contributed by atoms with Gasteiger partial charge in [0.05, 0.1) is 17.9 Å². The van der Waals surface area contributed by atoms with E-state index in [2.05, 4.69) is 5.32 Å². The van der Waals surface area contributed by atoms with Crippen LogP contribution < -0.4 is 9.62 Å². The summed E-state index contributed by atoms with van der Waals surface area (Å²) >= 11 is 0. The SMILES string of the molecule is Cc1ccc(NC(=O)Cc2ccc(F)cc2)cc1N1CCCCS1(=O)=O. The lowest BCUT2D eigenvalue weighted by Gasteiger charge is -2.29. The minimum absolute atomic E-state index is 0.117. The van der Waals surface area contributed by atoms with Crippen molar-refractivity contribution in [1.82, 2.24) is 0 Å². The maximum Gasteiger partial charge on any atom is 0.235 e. The molecule has 2 aromatic rings. The van der Waals surface area contributed by atoms with Crippen molar-refractivity contribution in [2.45, 2.75) is 26.2 Å². The van der Waals surface area contributed by atoms with Gasteiger partial charge in [-0.2, -0.15) is 0 Å². The van der Waals surface area contributed by atoms with Gasteiger partial charge < -0.3 is 5.32 Å². The minimum Gasteiger partial charge on any atom is -0.326 e. The third-order valence-electron chi connectivity index (χ3n) is 4.39. The van der Waals surface area contributed by atoms with Crippen LogP contribution >= 0.6 is 0 Å². The van der Waals surface area contributed by atoms with E-state index in [0.29, 0.717) is 29.9 Å². The molecule has 138 valence electrons. The number of hydrogen-bond acceptors (Lipinski definition) is 3. The average Bonchev–Trinajstić information content (AvgIpc) is 2.59. The van der Waals surface area contributed by atoms with Crippen LogP contribution in [-0.2, 0) is 21.2 Å². The number of carbonyl (C=O) groups is 1. The van der Waals surface area contributed by atoms with Crippen LogP contribution in [0.2, 0.25) is 0 Å². The Labute approximate surface area is 152 Å². The van der Waals surface area contributed by atoms with Gasteiger partial charge in [-0.3, -0.25) is 9.10 Å². The summed E-state index contributed by atoms with van der Waals surface area (Å²) in [5.41, 5.74) is 2.68.